The maximum atomic E-state index is 12.4. The van der Waals surface area contributed by atoms with Crippen molar-refractivity contribution in [3.8, 4) is 0 Å². The van der Waals surface area contributed by atoms with Crippen LogP contribution in [-0.2, 0) is 6.54 Å². The maximum absolute atomic E-state index is 12.4. The van der Waals surface area contributed by atoms with Crippen LogP contribution in [0.2, 0.25) is 0 Å². The van der Waals surface area contributed by atoms with Crippen LogP contribution in [0.3, 0.4) is 0 Å². The van der Waals surface area contributed by atoms with Crippen molar-refractivity contribution in [3.05, 3.63) is 46.5 Å². The first-order valence-corrected chi connectivity index (χ1v) is 7.98. The third-order valence-corrected chi connectivity index (χ3v) is 4.09. The smallest absolute Gasteiger partial charge is 0.256 e. The second-order valence-electron chi connectivity index (χ2n) is 5.75. The molecule has 0 aliphatic carbocycles. The summed E-state index contributed by atoms with van der Waals surface area (Å²) in [5, 5.41) is 13.3. The normalized spacial score (nSPS) is 14.2. The highest BCUT2D eigenvalue weighted by atomic mass is 16.1. The van der Waals surface area contributed by atoms with Crippen LogP contribution in [0.4, 0.5) is 17.3 Å². The van der Waals surface area contributed by atoms with Gasteiger partial charge in [-0.2, -0.15) is 9.61 Å². The lowest BCUT2D eigenvalue weighted by atomic mass is 10.3. The average molecular weight is 339 g/mol. The maximum Gasteiger partial charge on any atom is 0.256 e. The van der Waals surface area contributed by atoms with Gasteiger partial charge in [-0.3, -0.25) is 9.59 Å². The van der Waals surface area contributed by atoms with Crippen LogP contribution in [0.5, 0.6) is 0 Å². The molecule has 9 heteroatoms. The van der Waals surface area contributed by atoms with E-state index in [1.54, 1.807) is 34.5 Å². The van der Waals surface area contributed by atoms with Crippen LogP contribution in [0.15, 0.2) is 35.4 Å². The fraction of sp³-hybridized carbons (Fsp3) is 0.250. The minimum atomic E-state index is -0.236. The number of aromatic nitrogens is 4. The van der Waals surface area contributed by atoms with Crippen LogP contribution < -0.4 is 21.5 Å². The van der Waals surface area contributed by atoms with Crippen molar-refractivity contribution in [2.45, 2.75) is 13.0 Å². The molecule has 0 radical (unpaired) electrons. The number of carbonyl (C=O) groups excluding carboxylic acids is 1. The molecule has 3 aromatic rings. The first-order valence-electron chi connectivity index (χ1n) is 7.98. The number of aryl methyl sites for hydroxylation is 1. The van der Waals surface area contributed by atoms with Crippen LogP contribution in [0, 0.1) is 0 Å². The van der Waals surface area contributed by atoms with E-state index in [0.717, 1.165) is 5.69 Å². The van der Waals surface area contributed by atoms with E-state index >= 15 is 0 Å². The van der Waals surface area contributed by atoms with Crippen LogP contribution in [-0.4, -0.2) is 38.7 Å². The zero-order chi connectivity index (χ0) is 17.4. The number of carbonyl (C=O) groups is 1. The summed E-state index contributed by atoms with van der Waals surface area (Å²) in [6.07, 6.45) is 3.91. The monoisotopic (exact) mass is 339 g/mol. The number of pyridine rings is 1. The Morgan fingerprint density at radius 1 is 1.28 bits per heavy atom. The topological polar surface area (TPSA) is 105 Å². The van der Waals surface area contributed by atoms with Gasteiger partial charge in [0.2, 0.25) is 0 Å². The quantitative estimate of drug-likeness (QED) is 0.606. The Bertz CT molecular complexity index is 1020. The van der Waals surface area contributed by atoms with Crippen LogP contribution in [0.25, 0.3) is 5.65 Å². The van der Waals surface area contributed by atoms with Crippen molar-refractivity contribution in [3.63, 3.8) is 0 Å². The van der Waals surface area contributed by atoms with Gasteiger partial charge >= 0.3 is 0 Å². The molecule has 0 saturated heterocycles. The van der Waals surface area contributed by atoms with E-state index in [2.05, 4.69) is 26.0 Å². The Labute approximate surface area is 142 Å². The molecular weight excluding hydrogens is 322 g/mol. The first kappa shape index (κ1) is 15.2. The van der Waals surface area contributed by atoms with Crippen molar-refractivity contribution in [2.24, 2.45) is 0 Å². The molecule has 0 saturated carbocycles. The Balaban J connectivity index is 1.90. The van der Waals surface area contributed by atoms with E-state index in [9.17, 15) is 9.59 Å². The number of nitrogens with one attached hydrogen (secondary N) is 3. The van der Waals surface area contributed by atoms with Gasteiger partial charge in [0.05, 0.1) is 11.9 Å². The Morgan fingerprint density at radius 3 is 3.00 bits per heavy atom. The molecular formula is C16H17N7O2. The largest absolute Gasteiger partial charge is 0.373 e. The van der Waals surface area contributed by atoms with Gasteiger partial charge in [-0.15, -0.1) is 0 Å². The first-order chi connectivity index (χ1) is 12.2. The van der Waals surface area contributed by atoms with Crippen molar-refractivity contribution in [2.75, 3.05) is 24.2 Å². The summed E-state index contributed by atoms with van der Waals surface area (Å²) in [6, 6.07) is 5.02. The Hall–Kier alpha value is -3.36. The van der Waals surface area contributed by atoms with E-state index in [-0.39, 0.29) is 11.5 Å². The molecule has 1 amide bonds. The third kappa shape index (κ3) is 2.69. The minimum absolute atomic E-state index is 0.0808. The minimum Gasteiger partial charge on any atom is -0.373 e. The van der Waals surface area contributed by atoms with Gasteiger partial charge in [0.15, 0.2) is 5.65 Å². The number of nitrogens with zero attached hydrogens (tertiary/aromatic N) is 4. The summed E-state index contributed by atoms with van der Waals surface area (Å²) in [5.74, 6) is 1.01. The molecule has 25 heavy (non-hydrogen) atoms. The van der Waals surface area contributed by atoms with E-state index in [0.29, 0.717) is 42.4 Å². The molecule has 0 aromatic carbocycles. The predicted molar refractivity (Wildman–Crippen MR) is 93.5 cm³/mol. The molecule has 3 aromatic heterocycles. The number of amides is 1. The van der Waals surface area contributed by atoms with Gasteiger partial charge < -0.3 is 20.5 Å². The molecule has 1 aliphatic heterocycles. The highest BCUT2D eigenvalue weighted by Gasteiger charge is 2.17. The van der Waals surface area contributed by atoms with Gasteiger partial charge in [-0.25, -0.2) is 4.98 Å². The zero-order valence-electron chi connectivity index (χ0n) is 13.6. The Kier molecular flexibility index (Phi) is 3.60. The standard InChI is InChI=1S/C16H17N7O2/c1-17-13-7-12-20-10-3-4-14(24)22(9-10)6-2-5-18-16(25)11-8-19-23(13)15(11)21-12/h3-4,7-9,17H,2,5-6H2,1H3,(H,18,25)(H,20,21). The second kappa shape index (κ2) is 5.93. The van der Waals surface area contributed by atoms with Crippen LogP contribution >= 0.6 is 0 Å². The third-order valence-electron chi connectivity index (χ3n) is 4.09. The fourth-order valence-electron chi connectivity index (χ4n) is 2.84. The van der Waals surface area contributed by atoms with Crippen molar-refractivity contribution < 1.29 is 4.79 Å². The van der Waals surface area contributed by atoms with Gasteiger partial charge in [0.25, 0.3) is 11.5 Å². The summed E-state index contributed by atoms with van der Waals surface area (Å²) in [7, 11) is 1.77. The van der Waals surface area contributed by atoms with Gasteiger partial charge in [-0.1, -0.05) is 0 Å². The molecule has 9 nitrogen and oxygen atoms in total. The lowest BCUT2D eigenvalue weighted by Gasteiger charge is -2.11. The SMILES string of the molecule is CNc1cc2nc3c(cnn13)C(=O)NCCCn1cc(ccc1=O)N2. The average Bonchev–Trinajstić information content (AvgIpc) is 3.03. The van der Waals surface area contributed by atoms with E-state index in [1.165, 1.54) is 12.3 Å². The summed E-state index contributed by atoms with van der Waals surface area (Å²) in [5.41, 5.74) is 1.53. The zero-order valence-corrected chi connectivity index (χ0v) is 13.6. The predicted octanol–water partition coefficient (Wildman–Crippen LogP) is 0.810. The van der Waals surface area contributed by atoms with Crippen molar-refractivity contribution in [1.82, 2.24) is 24.5 Å². The number of rotatable bonds is 1. The molecule has 0 unspecified atom stereocenters. The molecule has 0 spiro atoms. The fourth-order valence-corrected chi connectivity index (χ4v) is 2.84. The molecule has 0 atom stereocenters. The highest BCUT2D eigenvalue weighted by Crippen LogP contribution is 2.21. The number of hydrogen-bond donors (Lipinski definition) is 3. The number of fused-ring (bicyclic) bond motifs is 3. The number of anilines is 3. The van der Waals surface area contributed by atoms with Crippen LogP contribution in [0.1, 0.15) is 16.8 Å². The Morgan fingerprint density at radius 2 is 2.16 bits per heavy atom. The summed E-state index contributed by atoms with van der Waals surface area (Å²) >= 11 is 0. The molecule has 0 fully saturated rings. The van der Waals surface area contributed by atoms with Crippen molar-refractivity contribution >= 4 is 28.9 Å². The molecule has 4 bridgehead atoms. The van der Waals surface area contributed by atoms with Gasteiger partial charge in [0, 0.05) is 38.5 Å². The summed E-state index contributed by atoms with van der Waals surface area (Å²) < 4.78 is 3.20. The van der Waals surface area contributed by atoms with E-state index in [1.807, 2.05) is 0 Å². The van der Waals surface area contributed by atoms with E-state index in [4.69, 9.17) is 0 Å². The molecule has 1 aliphatic rings. The summed E-state index contributed by atoms with van der Waals surface area (Å²) in [6.45, 7) is 0.976. The van der Waals surface area contributed by atoms with Gasteiger partial charge in [-0.05, 0) is 12.5 Å². The van der Waals surface area contributed by atoms with Gasteiger partial charge in [0.1, 0.15) is 17.2 Å². The molecule has 3 N–H and O–H groups in total. The van der Waals surface area contributed by atoms with E-state index < -0.39 is 0 Å². The van der Waals surface area contributed by atoms with Crippen molar-refractivity contribution in [1.29, 1.82) is 0 Å². The lowest BCUT2D eigenvalue weighted by molar-refractivity contribution is 0.0954. The summed E-state index contributed by atoms with van der Waals surface area (Å²) in [4.78, 5) is 28.9. The molecule has 4 rings (SSSR count). The molecule has 4 heterocycles. The molecule has 128 valence electrons. The second-order valence-corrected chi connectivity index (χ2v) is 5.75. The number of hydrogen-bond acceptors (Lipinski definition) is 6. The highest BCUT2D eigenvalue weighted by molar-refractivity contribution is 6.00. The lowest BCUT2D eigenvalue weighted by Crippen LogP contribution is -2.26.